The van der Waals surface area contributed by atoms with E-state index in [1.807, 2.05) is 6.07 Å². The van der Waals surface area contributed by atoms with Crippen molar-refractivity contribution in [1.29, 1.82) is 0 Å². The molecule has 0 amide bonds. The van der Waals surface area contributed by atoms with Crippen LogP contribution in [0.5, 0.6) is 5.75 Å². The van der Waals surface area contributed by atoms with Crippen LogP contribution in [0, 0.1) is 0 Å². The monoisotopic (exact) mass is 305 g/mol. The summed E-state index contributed by atoms with van der Waals surface area (Å²) < 4.78 is 0. The van der Waals surface area contributed by atoms with Crippen LogP contribution >= 0.6 is 0 Å². The van der Waals surface area contributed by atoms with Crippen molar-refractivity contribution in [1.82, 2.24) is 4.90 Å². The Morgan fingerprint density at radius 2 is 1.55 bits per heavy atom. The maximum Gasteiger partial charge on any atom is 0.119 e. The van der Waals surface area contributed by atoms with Gasteiger partial charge in [-0.15, -0.1) is 0 Å². The number of benzene rings is 1. The first-order valence-electron chi connectivity index (χ1n) is 9.12. The Bertz CT molecular complexity index is 404. The minimum atomic E-state index is 0.369. The van der Waals surface area contributed by atoms with Crippen molar-refractivity contribution in [2.75, 3.05) is 13.1 Å². The van der Waals surface area contributed by atoms with E-state index in [1.54, 1.807) is 0 Å². The van der Waals surface area contributed by atoms with Crippen molar-refractivity contribution in [3.63, 3.8) is 0 Å². The molecule has 0 aliphatic heterocycles. The molecule has 0 heterocycles. The molecule has 0 fully saturated rings. The molecular formula is C20H35NO. The molecule has 1 aromatic carbocycles. The Hall–Kier alpha value is -1.02. The van der Waals surface area contributed by atoms with Gasteiger partial charge in [0.1, 0.15) is 5.75 Å². The van der Waals surface area contributed by atoms with Crippen LogP contribution in [0.4, 0.5) is 0 Å². The van der Waals surface area contributed by atoms with E-state index in [-0.39, 0.29) is 0 Å². The average molecular weight is 306 g/mol. The highest BCUT2D eigenvalue weighted by atomic mass is 16.3. The quantitative estimate of drug-likeness (QED) is 0.530. The number of hydrogen-bond acceptors (Lipinski definition) is 2. The summed E-state index contributed by atoms with van der Waals surface area (Å²) in [7, 11) is 0. The van der Waals surface area contributed by atoms with E-state index in [9.17, 15) is 5.11 Å². The number of aromatic hydroxyl groups is 1. The molecule has 0 aliphatic rings. The van der Waals surface area contributed by atoms with E-state index in [1.165, 1.54) is 57.2 Å². The summed E-state index contributed by atoms with van der Waals surface area (Å²) in [4.78, 5) is 2.59. The molecule has 0 aromatic heterocycles. The third-order valence-corrected chi connectivity index (χ3v) is 4.28. The number of hydrogen-bond donors (Lipinski definition) is 1. The van der Waals surface area contributed by atoms with Gasteiger partial charge in [-0.2, -0.15) is 0 Å². The highest BCUT2D eigenvalue weighted by Gasteiger charge is 2.10. The lowest BCUT2D eigenvalue weighted by atomic mass is 9.99. The van der Waals surface area contributed by atoms with E-state index in [2.05, 4.69) is 44.7 Å². The van der Waals surface area contributed by atoms with Gasteiger partial charge in [-0.3, -0.25) is 4.90 Å². The SMILES string of the molecule is CCCCCN(CCCCC)Cc1ccc(O)c(C(C)C)c1. The van der Waals surface area contributed by atoms with E-state index in [0.29, 0.717) is 11.7 Å². The summed E-state index contributed by atoms with van der Waals surface area (Å²) in [5.74, 6) is 0.802. The van der Waals surface area contributed by atoms with Gasteiger partial charge in [0.15, 0.2) is 0 Å². The van der Waals surface area contributed by atoms with Gasteiger partial charge in [-0.25, -0.2) is 0 Å². The Morgan fingerprint density at radius 3 is 2.05 bits per heavy atom. The molecule has 0 saturated carbocycles. The van der Waals surface area contributed by atoms with Crippen molar-refractivity contribution < 1.29 is 5.11 Å². The van der Waals surface area contributed by atoms with E-state index in [0.717, 1.165) is 12.1 Å². The summed E-state index contributed by atoms with van der Waals surface area (Å²) in [6, 6.07) is 6.13. The first-order valence-corrected chi connectivity index (χ1v) is 9.12. The summed E-state index contributed by atoms with van der Waals surface area (Å²) in [6.45, 7) is 12.2. The Morgan fingerprint density at radius 1 is 0.955 bits per heavy atom. The molecule has 0 aliphatic carbocycles. The van der Waals surface area contributed by atoms with Gasteiger partial charge in [-0.05, 0) is 49.0 Å². The van der Waals surface area contributed by atoms with Gasteiger partial charge >= 0.3 is 0 Å². The van der Waals surface area contributed by atoms with Crippen LogP contribution in [0.3, 0.4) is 0 Å². The Labute approximate surface area is 137 Å². The lowest BCUT2D eigenvalue weighted by molar-refractivity contribution is 0.253. The van der Waals surface area contributed by atoms with Crippen molar-refractivity contribution >= 4 is 0 Å². The maximum atomic E-state index is 9.97. The number of rotatable bonds is 11. The molecule has 0 radical (unpaired) electrons. The molecule has 0 saturated heterocycles. The fourth-order valence-electron chi connectivity index (χ4n) is 2.86. The second-order valence-corrected chi connectivity index (χ2v) is 6.74. The van der Waals surface area contributed by atoms with Crippen LogP contribution in [-0.4, -0.2) is 23.1 Å². The average Bonchev–Trinajstić information content (AvgIpc) is 2.49. The number of nitrogens with zero attached hydrogens (tertiary/aromatic N) is 1. The van der Waals surface area contributed by atoms with Crippen LogP contribution in [0.25, 0.3) is 0 Å². The van der Waals surface area contributed by atoms with Gasteiger partial charge < -0.3 is 5.11 Å². The molecule has 0 bridgehead atoms. The van der Waals surface area contributed by atoms with Crippen LogP contribution in [0.15, 0.2) is 18.2 Å². The van der Waals surface area contributed by atoms with Crippen LogP contribution in [0.1, 0.15) is 83.3 Å². The van der Waals surface area contributed by atoms with Crippen molar-refractivity contribution in [2.45, 2.75) is 78.7 Å². The summed E-state index contributed by atoms with van der Waals surface area (Å²) in [5.41, 5.74) is 2.40. The molecule has 22 heavy (non-hydrogen) atoms. The Kier molecular flexibility index (Phi) is 9.22. The van der Waals surface area contributed by atoms with Crippen molar-refractivity contribution in [3.8, 4) is 5.75 Å². The topological polar surface area (TPSA) is 23.5 Å². The van der Waals surface area contributed by atoms with Crippen LogP contribution in [0.2, 0.25) is 0 Å². The molecule has 2 nitrogen and oxygen atoms in total. The molecule has 1 rings (SSSR count). The van der Waals surface area contributed by atoms with Crippen LogP contribution < -0.4 is 0 Å². The van der Waals surface area contributed by atoms with Crippen molar-refractivity contribution in [2.24, 2.45) is 0 Å². The third-order valence-electron chi connectivity index (χ3n) is 4.28. The number of unbranched alkanes of at least 4 members (excludes halogenated alkanes) is 4. The van der Waals surface area contributed by atoms with E-state index >= 15 is 0 Å². The molecule has 1 N–H and O–H groups in total. The zero-order valence-corrected chi connectivity index (χ0v) is 15.1. The van der Waals surface area contributed by atoms with E-state index < -0.39 is 0 Å². The number of phenolic OH excluding ortho intramolecular Hbond substituents is 1. The van der Waals surface area contributed by atoms with Gasteiger partial charge in [-0.1, -0.05) is 65.5 Å². The zero-order valence-electron chi connectivity index (χ0n) is 15.1. The molecule has 126 valence electrons. The zero-order chi connectivity index (χ0) is 16.4. The second-order valence-electron chi connectivity index (χ2n) is 6.74. The summed E-state index contributed by atoms with van der Waals surface area (Å²) in [5, 5.41) is 9.97. The highest BCUT2D eigenvalue weighted by Crippen LogP contribution is 2.26. The molecule has 0 spiro atoms. The Balaban J connectivity index is 2.68. The standard InChI is InChI=1S/C20H35NO/c1-5-7-9-13-21(14-10-8-6-2)16-18-11-12-20(22)19(15-18)17(3)4/h11-12,15,17,22H,5-10,13-14,16H2,1-4H3. The molecular weight excluding hydrogens is 270 g/mol. The summed E-state index contributed by atoms with van der Waals surface area (Å²) >= 11 is 0. The molecule has 0 atom stereocenters. The largest absolute Gasteiger partial charge is 0.508 e. The highest BCUT2D eigenvalue weighted by molar-refractivity contribution is 5.38. The maximum absolute atomic E-state index is 9.97. The van der Waals surface area contributed by atoms with Gasteiger partial charge in [0, 0.05) is 6.54 Å². The lowest BCUT2D eigenvalue weighted by Crippen LogP contribution is -2.25. The van der Waals surface area contributed by atoms with Gasteiger partial charge in [0.2, 0.25) is 0 Å². The predicted octanol–water partition coefficient (Wildman–Crippen LogP) is 5.70. The first kappa shape index (κ1) is 19.0. The smallest absolute Gasteiger partial charge is 0.119 e. The molecule has 2 heteroatoms. The fraction of sp³-hybridized carbons (Fsp3) is 0.700. The molecule has 0 unspecified atom stereocenters. The lowest BCUT2D eigenvalue weighted by Gasteiger charge is -2.23. The third kappa shape index (κ3) is 6.83. The predicted molar refractivity (Wildman–Crippen MR) is 96.5 cm³/mol. The normalized spacial score (nSPS) is 11.5. The fourth-order valence-corrected chi connectivity index (χ4v) is 2.86. The summed E-state index contributed by atoms with van der Waals surface area (Å²) in [6.07, 6.45) is 7.77. The first-order chi connectivity index (χ1) is 10.6. The van der Waals surface area contributed by atoms with Crippen LogP contribution in [-0.2, 0) is 6.54 Å². The minimum absolute atomic E-state index is 0.369. The minimum Gasteiger partial charge on any atom is -0.508 e. The molecule has 1 aromatic rings. The van der Waals surface area contributed by atoms with Crippen molar-refractivity contribution in [3.05, 3.63) is 29.3 Å². The second kappa shape index (κ2) is 10.7. The van der Waals surface area contributed by atoms with Gasteiger partial charge in [0.25, 0.3) is 0 Å². The van der Waals surface area contributed by atoms with E-state index in [4.69, 9.17) is 0 Å². The van der Waals surface area contributed by atoms with Gasteiger partial charge in [0.05, 0.1) is 0 Å². The number of phenols is 1.